The number of benzene rings is 1. The summed E-state index contributed by atoms with van der Waals surface area (Å²) in [5.41, 5.74) is 3.97. The van der Waals surface area contributed by atoms with E-state index < -0.39 is 0 Å². The maximum absolute atomic E-state index is 12.7. The second-order valence-corrected chi connectivity index (χ2v) is 7.28. The highest BCUT2D eigenvalue weighted by Gasteiger charge is 2.14. The maximum Gasteiger partial charge on any atom is 0.268 e. The average molecular weight is 349 g/mol. The van der Waals surface area contributed by atoms with Gasteiger partial charge in [0.2, 0.25) is 5.36 Å². The van der Waals surface area contributed by atoms with Crippen molar-refractivity contribution in [1.82, 2.24) is 4.98 Å². The fourth-order valence-corrected chi connectivity index (χ4v) is 4.57. The zero-order chi connectivity index (χ0) is 16.9. The number of fused-ring (bicyclic) bond motifs is 1. The van der Waals surface area contributed by atoms with Crippen LogP contribution in [0.3, 0.4) is 0 Å². The van der Waals surface area contributed by atoms with E-state index in [-0.39, 0.29) is 5.43 Å². The van der Waals surface area contributed by atoms with Gasteiger partial charge in [-0.3, -0.25) is 4.79 Å². The van der Waals surface area contributed by atoms with Crippen LogP contribution in [0.5, 0.6) is 0 Å². The lowest BCUT2D eigenvalue weighted by molar-refractivity contribution is -0.466. The van der Waals surface area contributed by atoms with Crippen LogP contribution >= 0.6 is 22.9 Å². The first-order chi connectivity index (χ1) is 10.8. The molecule has 0 atom stereocenters. The molecule has 0 fully saturated rings. The molecule has 0 saturated carbocycles. The molecule has 6 heteroatoms. The summed E-state index contributed by atoms with van der Waals surface area (Å²) in [7, 11) is 5.71. The summed E-state index contributed by atoms with van der Waals surface area (Å²) in [5.74, 6) is 0. The number of hydrogen-bond donors (Lipinski definition) is 2. The third-order valence-electron chi connectivity index (χ3n) is 3.99. The van der Waals surface area contributed by atoms with Crippen LogP contribution < -0.4 is 20.7 Å². The fraction of sp³-hybridized carbons (Fsp3) is 0.294. The minimum Gasteiger partial charge on any atom is -0.376 e. The van der Waals surface area contributed by atoms with Crippen LogP contribution in [0.25, 0.3) is 10.2 Å². The molecule has 1 aromatic rings. The molecule has 120 valence electrons. The first-order valence-corrected chi connectivity index (χ1v) is 8.52. The quantitative estimate of drug-likeness (QED) is 0.695. The number of hydrogen-bond acceptors (Lipinski definition) is 3. The summed E-state index contributed by atoms with van der Waals surface area (Å²) >= 11 is 8.07. The molecule has 0 saturated heterocycles. The Hall–Kier alpha value is -1.85. The number of halogens is 1. The smallest absolute Gasteiger partial charge is 0.268 e. The number of anilines is 1. The molecular formula is C17H19ClN3OS+. The Morgan fingerprint density at radius 2 is 1.91 bits per heavy atom. The highest BCUT2D eigenvalue weighted by molar-refractivity contribution is 7.17. The highest BCUT2D eigenvalue weighted by Crippen LogP contribution is 2.37. The SMILES string of the molecule is C[NH+]=c1c(C)cc2[nH]c3cc(C)c(N(C)C)c(Cl)c3sc=2c1=O. The zero-order valence-corrected chi connectivity index (χ0v) is 15.4. The van der Waals surface area contributed by atoms with Gasteiger partial charge in [0.25, 0.3) is 5.43 Å². The number of rotatable bonds is 1. The second kappa shape index (κ2) is 5.65. The van der Waals surface area contributed by atoms with E-state index in [1.807, 2.05) is 38.9 Å². The van der Waals surface area contributed by atoms with Crippen molar-refractivity contribution in [2.24, 2.45) is 0 Å². The molecule has 2 N–H and O–H groups in total. The molecule has 0 spiro atoms. The Kier molecular flexibility index (Phi) is 3.94. The van der Waals surface area contributed by atoms with Crippen LogP contribution in [0.15, 0.2) is 16.9 Å². The standard InChI is InChI=1S/C17H18ClN3OS/c1-8-6-11-17(15(22)13(8)19-3)23-16-10(20-11)7-9(2)14(12(16)18)21(4)5/h6-7,20H,1-5H3/p+1. The van der Waals surface area contributed by atoms with Crippen LogP contribution in [-0.2, 0) is 0 Å². The number of nitrogens with one attached hydrogen (secondary N) is 2. The highest BCUT2D eigenvalue weighted by atomic mass is 35.5. The van der Waals surface area contributed by atoms with E-state index in [0.29, 0.717) is 14.9 Å². The van der Waals surface area contributed by atoms with Gasteiger partial charge in [0.05, 0.1) is 26.3 Å². The van der Waals surface area contributed by atoms with Crippen molar-refractivity contribution in [2.75, 3.05) is 26.0 Å². The molecule has 1 aliphatic heterocycles. The van der Waals surface area contributed by atoms with Crippen molar-refractivity contribution in [3.63, 3.8) is 0 Å². The first kappa shape index (κ1) is 16.0. The number of H-pyrrole nitrogens is 1. The zero-order valence-electron chi connectivity index (χ0n) is 13.8. The van der Waals surface area contributed by atoms with Crippen molar-refractivity contribution in [2.45, 2.75) is 13.8 Å². The van der Waals surface area contributed by atoms with Crippen molar-refractivity contribution < 1.29 is 4.99 Å². The minimum absolute atomic E-state index is 0.00805. The Morgan fingerprint density at radius 3 is 2.52 bits per heavy atom. The van der Waals surface area contributed by atoms with Gasteiger partial charge in [0.15, 0.2) is 0 Å². The molecule has 23 heavy (non-hydrogen) atoms. The van der Waals surface area contributed by atoms with Gasteiger partial charge < -0.3 is 9.88 Å². The lowest BCUT2D eigenvalue weighted by Crippen LogP contribution is -2.76. The maximum atomic E-state index is 12.7. The van der Waals surface area contributed by atoms with Gasteiger partial charge in [-0.05, 0) is 31.5 Å². The van der Waals surface area contributed by atoms with Crippen molar-refractivity contribution >= 4 is 38.8 Å². The molecule has 0 unspecified atom stereocenters. The Labute approximate surface area is 142 Å². The van der Waals surface area contributed by atoms with Crippen LogP contribution in [0.2, 0.25) is 5.02 Å². The van der Waals surface area contributed by atoms with Crippen LogP contribution in [0.4, 0.5) is 5.69 Å². The predicted octanol–water partition coefficient (Wildman–Crippen LogP) is 1.26. The van der Waals surface area contributed by atoms with Gasteiger partial charge in [-0.1, -0.05) is 11.6 Å². The average Bonchev–Trinajstić information content (AvgIpc) is 2.46. The van der Waals surface area contributed by atoms with Gasteiger partial charge in [-0.2, -0.15) is 0 Å². The molecule has 1 heterocycles. The Bertz CT molecular complexity index is 1110. The van der Waals surface area contributed by atoms with E-state index in [1.54, 1.807) is 7.05 Å². The Balaban J connectivity index is 2.59. The van der Waals surface area contributed by atoms with E-state index >= 15 is 0 Å². The number of nitrogens with zero attached hydrogens (tertiary/aromatic N) is 1. The van der Waals surface area contributed by atoms with Gasteiger partial charge in [-0.25, -0.2) is 4.99 Å². The van der Waals surface area contributed by atoms with Crippen LogP contribution in [0.1, 0.15) is 11.1 Å². The van der Waals surface area contributed by atoms with E-state index in [4.69, 9.17) is 11.6 Å². The first-order valence-electron chi connectivity index (χ1n) is 7.32. The van der Waals surface area contributed by atoms with Gasteiger partial charge in [0, 0.05) is 19.7 Å². The summed E-state index contributed by atoms with van der Waals surface area (Å²) in [4.78, 5) is 21.1. The van der Waals surface area contributed by atoms with Gasteiger partial charge >= 0.3 is 0 Å². The lowest BCUT2D eigenvalue weighted by Gasteiger charge is -2.18. The summed E-state index contributed by atoms with van der Waals surface area (Å²) in [5, 5.41) is 2.16. The molecule has 1 aliphatic carbocycles. The number of aryl methyl sites for hydroxylation is 2. The fourth-order valence-electron chi connectivity index (χ4n) is 3.01. The molecule has 1 aromatic carbocycles. The molecule has 0 amide bonds. The monoisotopic (exact) mass is 348 g/mol. The molecule has 0 radical (unpaired) electrons. The van der Waals surface area contributed by atoms with Crippen LogP contribution in [0, 0.1) is 23.7 Å². The molecule has 0 aromatic heterocycles. The predicted molar refractivity (Wildman–Crippen MR) is 96.6 cm³/mol. The van der Waals surface area contributed by atoms with E-state index in [9.17, 15) is 4.79 Å². The molecule has 0 bridgehead atoms. The van der Waals surface area contributed by atoms with Crippen molar-refractivity contribution in [1.29, 1.82) is 0 Å². The third-order valence-corrected chi connectivity index (χ3v) is 5.71. The second-order valence-electron chi connectivity index (χ2n) is 5.88. The summed E-state index contributed by atoms with van der Waals surface area (Å²) in [6.45, 7) is 3.97. The van der Waals surface area contributed by atoms with Gasteiger partial charge in [-0.15, -0.1) is 11.3 Å². The van der Waals surface area contributed by atoms with E-state index in [0.717, 1.165) is 32.4 Å². The van der Waals surface area contributed by atoms with Gasteiger partial charge in [0.1, 0.15) is 11.6 Å². The van der Waals surface area contributed by atoms with Crippen molar-refractivity contribution in [3.05, 3.63) is 53.7 Å². The summed E-state index contributed by atoms with van der Waals surface area (Å²) in [6, 6.07) is 4.08. The third kappa shape index (κ3) is 2.44. The topological polar surface area (TPSA) is 50.1 Å². The molecule has 3 rings (SSSR count). The van der Waals surface area contributed by atoms with Crippen molar-refractivity contribution in [3.8, 4) is 0 Å². The number of aromatic nitrogens is 1. The summed E-state index contributed by atoms with van der Waals surface area (Å²) < 4.78 is 1.58. The molecule has 4 nitrogen and oxygen atoms in total. The van der Waals surface area contributed by atoms with Crippen LogP contribution in [-0.4, -0.2) is 26.1 Å². The summed E-state index contributed by atoms with van der Waals surface area (Å²) in [6.07, 6.45) is 0. The Morgan fingerprint density at radius 1 is 1.22 bits per heavy atom. The number of aromatic amines is 1. The largest absolute Gasteiger partial charge is 0.376 e. The minimum atomic E-state index is 0.00805. The van der Waals surface area contributed by atoms with E-state index in [1.165, 1.54) is 11.3 Å². The normalized spacial score (nSPS) is 12.3. The lowest BCUT2D eigenvalue weighted by atomic mass is 10.1. The van der Waals surface area contributed by atoms with E-state index in [2.05, 4.69) is 16.0 Å². The molecular weight excluding hydrogens is 330 g/mol. The molecule has 2 aliphatic rings.